The summed E-state index contributed by atoms with van der Waals surface area (Å²) >= 11 is 0. The molecule has 0 radical (unpaired) electrons. The van der Waals surface area contributed by atoms with Crippen LogP contribution in [0.3, 0.4) is 0 Å². The van der Waals surface area contributed by atoms with Gasteiger partial charge in [0.05, 0.1) is 0 Å². The Labute approximate surface area is 319 Å². The maximum atomic E-state index is 14.7. The van der Waals surface area contributed by atoms with E-state index >= 15 is 0 Å². The number of carbonyl (C=O) groups is 7. The number of hydrogen-bond donors (Lipinski definition) is 4. The molecule has 296 valence electrons. The fourth-order valence-electron chi connectivity index (χ4n) is 8.02. The highest BCUT2D eigenvalue weighted by atomic mass is 16.5. The number of nitrogens with one attached hydrogen (secondary N) is 4. The highest BCUT2D eigenvalue weighted by molar-refractivity contribution is 5.98. The van der Waals surface area contributed by atoms with Crippen LogP contribution in [0.2, 0.25) is 0 Å². The number of cyclic esters (lactones) is 1. The van der Waals surface area contributed by atoms with Crippen LogP contribution in [0, 0.1) is 12.8 Å². The van der Waals surface area contributed by atoms with E-state index in [1.54, 1.807) is 38.1 Å². The molecule has 17 heteroatoms. The molecule has 6 rings (SSSR count). The summed E-state index contributed by atoms with van der Waals surface area (Å²) in [5, 5.41) is 14.5. The van der Waals surface area contributed by atoms with Crippen molar-refractivity contribution in [2.45, 2.75) is 115 Å². The minimum atomic E-state index is -1.48. The Morgan fingerprint density at radius 1 is 0.891 bits per heavy atom. The van der Waals surface area contributed by atoms with E-state index in [4.69, 9.17) is 9.26 Å². The SMILES string of the molecule is Cc1cc(NC(=O)N[C@@H](Cc2ccccc2)C(=O)N[C@@H]2C(=O)N3CCC[C@H]3C(=O)N3CCCC[C@H]3C(=O)N[C@@H](C)C(=O)N3C[C@H](C)C[C@H]3C(=O)O[C@H]2C)no1. The van der Waals surface area contributed by atoms with Gasteiger partial charge in [-0.05, 0) is 70.8 Å². The zero-order chi connectivity index (χ0) is 39.4. The topological polar surface area (TPSA) is 213 Å². The summed E-state index contributed by atoms with van der Waals surface area (Å²) in [6.45, 7) is 7.34. The fraction of sp³-hybridized carbons (Fsp3) is 0.579. The van der Waals surface area contributed by atoms with Crippen molar-refractivity contribution >= 4 is 47.4 Å². The Hall–Kier alpha value is -5.48. The van der Waals surface area contributed by atoms with Crippen LogP contribution in [0.4, 0.5) is 10.6 Å². The molecule has 55 heavy (non-hydrogen) atoms. The summed E-state index contributed by atoms with van der Waals surface area (Å²) in [5.41, 5.74) is 0.712. The van der Waals surface area contributed by atoms with E-state index in [9.17, 15) is 33.6 Å². The standard InChI is InChI=1S/C38H50N8O9/c1-21-17-29-37(52)54-24(4)31(42-32(47)26(19-25-11-6-5-7-12-25)40-38(53)41-30-18-22(2)55-43-30)36(51)45-16-10-14-28(45)35(50)44-15-9-8-13-27(44)33(48)39-23(3)34(49)46(29)20-21/h5-7,11-12,18,21,23-24,26-29,31H,8-10,13-17,19-20H2,1-4H3,(H,39,48)(H,42,47)(H2,40,41,43,53)/t21-,23+,24+,26+,27+,28+,29+,31+/m1/s1. The van der Waals surface area contributed by atoms with E-state index in [2.05, 4.69) is 26.4 Å². The number of aromatic nitrogens is 1. The minimum absolute atomic E-state index is 0.0332. The summed E-state index contributed by atoms with van der Waals surface area (Å²) in [4.78, 5) is 102. The van der Waals surface area contributed by atoms with Gasteiger partial charge in [0.15, 0.2) is 5.82 Å². The van der Waals surface area contributed by atoms with Crippen LogP contribution in [0.1, 0.15) is 70.6 Å². The molecule has 1 aromatic heterocycles. The number of esters is 1. The lowest BCUT2D eigenvalue weighted by Crippen LogP contribution is -2.63. The number of urea groups is 1. The van der Waals surface area contributed by atoms with Crippen LogP contribution in [-0.4, -0.2) is 123 Å². The van der Waals surface area contributed by atoms with Crippen molar-refractivity contribution in [3.63, 3.8) is 0 Å². The van der Waals surface area contributed by atoms with Crippen LogP contribution in [0.15, 0.2) is 40.9 Å². The van der Waals surface area contributed by atoms with Crippen LogP contribution in [-0.2, 0) is 39.9 Å². The number of hydrogen-bond acceptors (Lipinski definition) is 10. The molecule has 7 amide bonds. The molecule has 4 saturated heterocycles. The van der Waals surface area contributed by atoms with E-state index in [1.807, 2.05) is 13.0 Å². The van der Waals surface area contributed by atoms with E-state index < -0.39 is 83.9 Å². The van der Waals surface area contributed by atoms with Crippen molar-refractivity contribution in [3.05, 3.63) is 47.7 Å². The van der Waals surface area contributed by atoms with Crippen LogP contribution < -0.4 is 21.3 Å². The van der Waals surface area contributed by atoms with E-state index in [0.29, 0.717) is 56.4 Å². The molecule has 5 heterocycles. The number of benzene rings is 1. The van der Waals surface area contributed by atoms with Crippen LogP contribution in [0.5, 0.6) is 0 Å². The molecule has 8 atom stereocenters. The molecular weight excluding hydrogens is 712 g/mol. The maximum Gasteiger partial charge on any atom is 0.329 e. The van der Waals surface area contributed by atoms with Gasteiger partial charge >= 0.3 is 12.0 Å². The Bertz CT molecular complexity index is 1790. The van der Waals surface area contributed by atoms with Gasteiger partial charge in [-0.25, -0.2) is 9.59 Å². The molecule has 0 aliphatic carbocycles. The quantitative estimate of drug-likeness (QED) is 0.310. The second kappa shape index (κ2) is 16.9. The molecule has 2 aromatic rings. The average molecular weight is 763 g/mol. The first-order valence-corrected chi connectivity index (χ1v) is 19.1. The molecule has 0 saturated carbocycles. The highest BCUT2D eigenvalue weighted by Gasteiger charge is 2.47. The minimum Gasteiger partial charge on any atom is -0.458 e. The number of fused-ring (bicyclic) bond motifs is 3. The summed E-state index contributed by atoms with van der Waals surface area (Å²) in [6.07, 6.45) is 1.65. The molecule has 4 aliphatic heterocycles. The Balaban J connectivity index is 1.32. The molecule has 4 aliphatic rings. The number of ether oxygens (including phenoxy) is 1. The van der Waals surface area contributed by atoms with Crippen molar-refractivity contribution in [2.24, 2.45) is 5.92 Å². The summed E-state index contributed by atoms with van der Waals surface area (Å²) in [7, 11) is 0. The summed E-state index contributed by atoms with van der Waals surface area (Å²) < 4.78 is 11.0. The first-order chi connectivity index (χ1) is 26.3. The van der Waals surface area contributed by atoms with Gasteiger partial charge in [0, 0.05) is 32.1 Å². The molecule has 1 aromatic carbocycles. The van der Waals surface area contributed by atoms with Gasteiger partial charge < -0.3 is 39.9 Å². The van der Waals surface area contributed by atoms with Gasteiger partial charge in [0.25, 0.3) is 0 Å². The first-order valence-electron chi connectivity index (χ1n) is 19.1. The number of amides is 7. The lowest BCUT2D eigenvalue weighted by atomic mass is 9.99. The second-order valence-electron chi connectivity index (χ2n) is 15.1. The normalized spacial score (nSPS) is 28.4. The third kappa shape index (κ3) is 8.92. The number of piperidine rings is 1. The number of nitrogens with zero attached hydrogens (tertiary/aromatic N) is 4. The van der Waals surface area contributed by atoms with Gasteiger partial charge in [-0.1, -0.05) is 42.4 Å². The summed E-state index contributed by atoms with van der Waals surface area (Å²) in [5.74, 6) is -2.98. The zero-order valence-electron chi connectivity index (χ0n) is 31.6. The number of aryl methyl sites for hydroxylation is 1. The monoisotopic (exact) mass is 762 g/mol. The summed E-state index contributed by atoms with van der Waals surface area (Å²) in [6, 6.07) is 3.25. The molecule has 17 nitrogen and oxygen atoms in total. The Kier molecular flexibility index (Phi) is 12.1. The molecule has 0 unspecified atom stereocenters. The van der Waals surface area contributed by atoms with Gasteiger partial charge in [0.1, 0.15) is 48.1 Å². The maximum absolute atomic E-state index is 14.7. The molecular formula is C38H50N8O9. The van der Waals surface area contributed by atoms with Crippen LogP contribution in [0.25, 0.3) is 0 Å². The highest BCUT2D eigenvalue weighted by Crippen LogP contribution is 2.29. The molecule has 0 spiro atoms. The third-order valence-corrected chi connectivity index (χ3v) is 10.8. The predicted octanol–water partition coefficient (Wildman–Crippen LogP) is 1.26. The van der Waals surface area contributed by atoms with Crippen LogP contribution >= 0.6 is 0 Å². The van der Waals surface area contributed by atoms with Crippen molar-refractivity contribution in [2.75, 3.05) is 25.0 Å². The smallest absolute Gasteiger partial charge is 0.329 e. The second-order valence-corrected chi connectivity index (χ2v) is 15.1. The number of carbonyl (C=O) groups excluding carboxylic acids is 7. The molecule has 0 bridgehead atoms. The van der Waals surface area contributed by atoms with Gasteiger partial charge in [-0.2, -0.15) is 0 Å². The largest absolute Gasteiger partial charge is 0.458 e. The van der Waals surface area contributed by atoms with E-state index in [1.165, 1.54) is 27.7 Å². The van der Waals surface area contributed by atoms with E-state index in [0.717, 1.165) is 0 Å². The first kappa shape index (κ1) is 39.2. The Morgan fingerprint density at radius 3 is 2.33 bits per heavy atom. The van der Waals surface area contributed by atoms with Gasteiger partial charge in [-0.15, -0.1) is 0 Å². The number of rotatable bonds is 6. The number of anilines is 1. The lowest BCUT2D eigenvalue weighted by Gasteiger charge is -2.39. The van der Waals surface area contributed by atoms with Crippen molar-refractivity contribution < 1.29 is 42.8 Å². The van der Waals surface area contributed by atoms with Crippen molar-refractivity contribution in [1.29, 1.82) is 0 Å². The van der Waals surface area contributed by atoms with Crippen molar-refractivity contribution in [3.8, 4) is 0 Å². The van der Waals surface area contributed by atoms with Gasteiger partial charge in [0.2, 0.25) is 29.5 Å². The molecule has 4 fully saturated rings. The predicted molar refractivity (Wildman–Crippen MR) is 196 cm³/mol. The van der Waals surface area contributed by atoms with Gasteiger partial charge in [-0.3, -0.25) is 29.3 Å². The molecule has 4 N–H and O–H groups in total. The fourth-order valence-corrected chi connectivity index (χ4v) is 8.02. The Morgan fingerprint density at radius 2 is 1.60 bits per heavy atom. The lowest BCUT2D eigenvalue weighted by molar-refractivity contribution is -0.163. The van der Waals surface area contributed by atoms with E-state index in [-0.39, 0.29) is 31.2 Å². The zero-order valence-corrected chi connectivity index (χ0v) is 31.6. The third-order valence-electron chi connectivity index (χ3n) is 10.8. The van der Waals surface area contributed by atoms with Crippen molar-refractivity contribution in [1.82, 2.24) is 35.8 Å². The average Bonchev–Trinajstić information content (AvgIpc) is 3.92.